The van der Waals surface area contributed by atoms with Crippen molar-refractivity contribution in [3.05, 3.63) is 11.9 Å². The molecule has 0 atom stereocenters. The molecule has 1 aromatic heterocycles. The van der Waals surface area contributed by atoms with Gasteiger partial charge < -0.3 is 15.4 Å². The lowest BCUT2D eigenvalue weighted by Crippen LogP contribution is -2.13. The Balaban J connectivity index is 2.77. The van der Waals surface area contributed by atoms with E-state index in [9.17, 15) is 8.78 Å². The van der Waals surface area contributed by atoms with Crippen LogP contribution in [0.1, 0.15) is 5.82 Å². The van der Waals surface area contributed by atoms with Crippen LogP contribution in [0.5, 0.6) is 0 Å². The fourth-order valence-electron chi connectivity index (χ4n) is 1.09. The molecule has 5 nitrogen and oxygen atoms in total. The maximum Gasteiger partial charge on any atom is 0.255 e. The van der Waals surface area contributed by atoms with Crippen LogP contribution in [-0.2, 0) is 11.3 Å². The van der Waals surface area contributed by atoms with E-state index in [4.69, 9.17) is 4.74 Å². The molecule has 1 heterocycles. The van der Waals surface area contributed by atoms with Crippen LogP contribution in [0.4, 0.5) is 20.4 Å². The summed E-state index contributed by atoms with van der Waals surface area (Å²) in [7, 11) is 3.21. The quantitative estimate of drug-likeness (QED) is 0.775. The molecule has 0 saturated carbocycles. The minimum absolute atomic E-state index is 0.235. The van der Waals surface area contributed by atoms with Gasteiger partial charge in [0, 0.05) is 20.2 Å². The van der Waals surface area contributed by atoms with E-state index in [1.54, 1.807) is 13.1 Å². The second kappa shape index (κ2) is 6.16. The van der Waals surface area contributed by atoms with Gasteiger partial charge in [-0.15, -0.1) is 0 Å². The summed E-state index contributed by atoms with van der Waals surface area (Å²) in [6.07, 6.45) is -2.42. The van der Waals surface area contributed by atoms with Gasteiger partial charge in [0.05, 0.1) is 6.54 Å². The number of anilines is 2. The predicted octanol–water partition coefficient (Wildman–Crippen LogP) is 1.34. The predicted molar refractivity (Wildman–Crippen MR) is 56.8 cm³/mol. The lowest BCUT2D eigenvalue weighted by Gasteiger charge is -2.08. The van der Waals surface area contributed by atoms with Crippen molar-refractivity contribution in [2.24, 2.45) is 0 Å². The highest BCUT2D eigenvalue weighted by molar-refractivity contribution is 5.47. The summed E-state index contributed by atoms with van der Waals surface area (Å²) in [5.41, 5.74) is 0. The van der Waals surface area contributed by atoms with E-state index in [0.717, 1.165) is 0 Å². The van der Waals surface area contributed by atoms with E-state index in [2.05, 4.69) is 20.6 Å². The van der Waals surface area contributed by atoms with Gasteiger partial charge in [-0.1, -0.05) is 0 Å². The summed E-state index contributed by atoms with van der Waals surface area (Å²) in [6.45, 7) is -0.203. The van der Waals surface area contributed by atoms with Gasteiger partial charge in [0.25, 0.3) is 6.43 Å². The first kappa shape index (κ1) is 12.6. The first-order chi connectivity index (χ1) is 7.65. The molecule has 0 unspecified atom stereocenters. The standard InChI is InChI=1S/C9H14F2N4O/c1-12-7-3-8(13-4-6(10)11)15-9(14-7)5-16-2/h3,6H,4-5H2,1-2H3,(H2,12,13,14,15). The lowest BCUT2D eigenvalue weighted by molar-refractivity contribution is 0.163. The number of methoxy groups -OCH3 is 1. The Kier molecular flexibility index (Phi) is 4.84. The number of nitrogens with zero attached hydrogens (tertiary/aromatic N) is 2. The third-order valence-corrected chi connectivity index (χ3v) is 1.74. The van der Waals surface area contributed by atoms with Crippen molar-refractivity contribution >= 4 is 11.6 Å². The van der Waals surface area contributed by atoms with Crippen molar-refractivity contribution in [2.45, 2.75) is 13.0 Å². The SMILES string of the molecule is CNc1cc(NCC(F)F)nc(COC)n1. The number of nitrogens with one attached hydrogen (secondary N) is 2. The molecular weight excluding hydrogens is 218 g/mol. The van der Waals surface area contributed by atoms with Crippen molar-refractivity contribution in [1.29, 1.82) is 0 Å². The highest BCUT2D eigenvalue weighted by Gasteiger charge is 2.06. The maximum absolute atomic E-state index is 12.0. The summed E-state index contributed by atoms with van der Waals surface area (Å²) >= 11 is 0. The summed E-state index contributed by atoms with van der Waals surface area (Å²) in [6, 6.07) is 1.56. The number of aromatic nitrogens is 2. The molecule has 7 heteroatoms. The normalized spacial score (nSPS) is 10.6. The number of alkyl halides is 2. The molecule has 16 heavy (non-hydrogen) atoms. The Morgan fingerprint density at radius 3 is 2.62 bits per heavy atom. The molecule has 0 radical (unpaired) electrons. The van der Waals surface area contributed by atoms with Crippen molar-refractivity contribution in [2.75, 3.05) is 31.3 Å². The van der Waals surface area contributed by atoms with Gasteiger partial charge in [-0.25, -0.2) is 18.7 Å². The molecule has 0 aromatic carbocycles. The molecular formula is C9H14F2N4O. The van der Waals surface area contributed by atoms with E-state index in [1.807, 2.05) is 0 Å². The largest absolute Gasteiger partial charge is 0.377 e. The minimum atomic E-state index is -2.42. The Morgan fingerprint density at radius 1 is 1.38 bits per heavy atom. The monoisotopic (exact) mass is 232 g/mol. The molecule has 0 aliphatic heterocycles. The topological polar surface area (TPSA) is 59.1 Å². The second-order valence-electron chi connectivity index (χ2n) is 3.01. The number of ether oxygens (including phenoxy) is 1. The molecule has 0 aliphatic carbocycles. The van der Waals surface area contributed by atoms with Crippen molar-refractivity contribution in [3.8, 4) is 0 Å². The number of rotatable bonds is 6. The highest BCUT2D eigenvalue weighted by Crippen LogP contribution is 2.11. The molecule has 0 spiro atoms. The highest BCUT2D eigenvalue weighted by atomic mass is 19.3. The van der Waals surface area contributed by atoms with Crippen LogP contribution in [0.25, 0.3) is 0 Å². The molecule has 0 bridgehead atoms. The first-order valence-electron chi connectivity index (χ1n) is 4.72. The van der Waals surface area contributed by atoms with Gasteiger partial charge in [-0.05, 0) is 0 Å². The van der Waals surface area contributed by atoms with E-state index < -0.39 is 13.0 Å². The van der Waals surface area contributed by atoms with E-state index in [0.29, 0.717) is 17.5 Å². The molecule has 0 amide bonds. The van der Waals surface area contributed by atoms with Gasteiger partial charge in [0.15, 0.2) is 5.82 Å². The fraction of sp³-hybridized carbons (Fsp3) is 0.556. The molecule has 0 fully saturated rings. The van der Waals surface area contributed by atoms with Crippen LogP contribution in [0.15, 0.2) is 6.07 Å². The Hall–Kier alpha value is -1.50. The number of hydrogen-bond acceptors (Lipinski definition) is 5. The second-order valence-corrected chi connectivity index (χ2v) is 3.01. The van der Waals surface area contributed by atoms with Crippen LogP contribution in [0.2, 0.25) is 0 Å². The average molecular weight is 232 g/mol. The number of halogens is 2. The summed E-state index contributed by atoms with van der Waals surface area (Å²) in [4.78, 5) is 8.12. The van der Waals surface area contributed by atoms with Crippen LogP contribution >= 0.6 is 0 Å². The van der Waals surface area contributed by atoms with Crippen LogP contribution in [-0.4, -0.2) is 37.1 Å². The van der Waals surface area contributed by atoms with Crippen LogP contribution in [0, 0.1) is 0 Å². The van der Waals surface area contributed by atoms with Crippen molar-refractivity contribution < 1.29 is 13.5 Å². The van der Waals surface area contributed by atoms with Crippen LogP contribution < -0.4 is 10.6 Å². The van der Waals surface area contributed by atoms with Crippen LogP contribution in [0.3, 0.4) is 0 Å². The summed E-state index contributed by atoms with van der Waals surface area (Å²) < 4.78 is 28.9. The molecule has 2 N–H and O–H groups in total. The van der Waals surface area contributed by atoms with Gasteiger partial charge in [-0.2, -0.15) is 0 Å². The van der Waals surface area contributed by atoms with E-state index in [1.165, 1.54) is 7.11 Å². The van der Waals surface area contributed by atoms with Gasteiger partial charge in [0.1, 0.15) is 18.2 Å². The van der Waals surface area contributed by atoms with E-state index >= 15 is 0 Å². The first-order valence-corrected chi connectivity index (χ1v) is 4.72. The summed E-state index contributed by atoms with van der Waals surface area (Å²) in [5, 5.41) is 5.34. The average Bonchev–Trinajstić information content (AvgIpc) is 2.26. The summed E-state index contributed by atoms with van der Waals surface area (Å²) in [5.74, 6) is 1.34. The molecule has 1 rings (SSSR count). The number of hydrogen-bond donors (Lipinski definition) is 2. The maximum atomic E-state index is 12.0. The molecule has 0 saturated heterocycles. The smallest absolute Gasteiger partial charge is 0.255 e. The fourth-order valence-corrected chi connectivity index (χ4v) is 1.09. The zero-order chi connectivity index (χ0) is 12.0. The van der Waals surface area contributed by atoms with Gasteiger partial charge >= 0.3 is 0 Å². The Morgan fingerprint density at radius 2 is 2.06 bits per heavy atom. The molecule has 90 valence electrons. The Labute approximate surface area is 92.2 Å². The molecule has 0 aliphatic rings. The third kappa shape index (κ3) is 3.93. The molecule has 1 aromatic rings. The zero-order valence-electron chi connectivity index (χ0n) is 9.13. The van der Waals surface area contributed by atoms with Crippen molar-refractivity contribution in [1.82, 2.24) is 9.97 Å². The van der Waals surface area contributed by atoms with Gasteiger partial charge in [0.2, 0.25) is 0 Å². The zero-order valence-corrected chi connectivity index (χ0v) is 9.13. The lowest BCUT2D eigenvalue weighted by atomic mass is 10.4. The van der Waals surface area contributed by atoms with E-state index in [-0.39, 0.29) is 6.61 Å². The van der Waals surface area contributed by atoms with Crippen molar-refractivity contribution in [3.63, 3.8) is 0 Å². The van der Waals surface area contributed by atoms with Gasteiger partial charge in [-0.3, -0.25) is 0 Å². The third-order valence-electron chi connectivity index (χ3n) is 1.74. The minimum Gasteiger partial charge on any atom is -0.377 e. The Bertz CT molecular complexity index is 335.